The number of nitrogens with zero attached hydrogens (tertiary/aromatic N) is 3. The van der Waals surface area contributed by atoms with Gasteiger partial charge in [-0.1, -0.05) is 36.3 Å². The molecule has 4 rings (SSSR count). The summed E-state index contributed by atoms with van der Waals surface area (Å²) in [6.45, 7) is 7.16. The number of benzene rings is 1. The molecule has 130 valence electrons. The molecule has 0 radical (unpaired) electrons. The van der Waals surface area contributed by atoms with E-state index in [1.54, 1.807) is 0 Å². The van der Waals surface area contributed by atoms with Crippen molar-refractivity contribution in [1.29, 1.82) is 0 Å². The van der Waals surface area contributed by atoms with Gasteiger partial charge in [0.05, 0.1) is 10.2 Å². The van der Waals surface area contributed by atoms with Gasteiger partial charge in [-0.3, -0.25) is 0 Å². The van der Waals surface area contributed by atoms with Gasteiger partial charge in [0.15, 0.2) is 5.13 Å². The summed E-state index contributed by atoms with van der Waals surface area (Å²) in [6.07, 6.45) is 8.30. The Morgan fingerprint density at radius 3 is 2.46 bits per heavy atom. The monoisotopic (exact) mass is 343 g/mol. The van der Waals surface area contributed by atoms with Gasteiger partial charge in [0.25, 0.3) is 0 Å². The first kappa shape index (κ1) is 16.3. The number of fused-ring (bicyclic) bond motifs is 1. The molecule has 1 aliphatic carbocycles. The van der Waals surface area contributed by atoms with E-state index < -0.39 is 0 Å². The Bertz CT molecular complexity index is 633. The van der Waals surface area contributed by atoms with Crippen molar-refractivity contribution in [2.75, 3.05) is 18.0 Å². The highest BCUT2D eigenvalue weighted by Crippen LogP contribution is 2.34. The SMILES string of the molecule is CC(C)N(c1nc2ccccc2s1)C1CCN(C2CCCC2)CC1. The zero-order valence-corrected chi connectivity index (χ0v) is 15.8. The Hall–Kier alpha value is -1.13. The Morgan fingerprint density at radius 2 is 1.79 bits per heavy atom. The van der Waals surface area contributed by atoms with Crippen LogP contribution in [0.3, 0.4) is 0 Å². The van der Waals surface area contributed by atoms with Crippen molar-refractivity contribution < 1.29 is 0 Å². The number of hydrogen-bond acceptors (Lipinski definition) is 4. The molecule has 0 N–H and O–H groups in total. The quantitative estimate of drug-likeness (QED) is 0.785. The van der Waals surface area contributed by atoms with E-state index in [1.807, 2.05) is 11.3 Å². The third-order valence-corrected chi connectivity index (χ3v) is 6.84. The van der Waals surface area contributed by atoms with E-state index in [1.165, 1.54) is 61.4 Å². The predicted octanol–water partition coefficient (Wildman–Crippen LogP) is 4.92. The largest absolute Gasteiger partial charge is 0.343 e. The molecule has 2 aromatic rings. The maximum atomic E-state index is 4.94. The Morgan fingerprint density at radius 1 is 1.08 bits per heavy atom. The number of rotatable bonds is 4. The number of thiazole rings is 1. The molecule has 1 aromatic carbocycles. The second-order valence-corrected chi connectivity index (χ2v) is 8.68. The lowest BCUT2D eigenvalue weighted by molar-refractivity contribution is 0.150. The van der Waals surface area contributed by atoms with Gasteiger partial charge in [-0.25, -0.2) is 4.98 Å². The number of para-hydroxylation sites is 1. The molecule has 1 saturated carbocycles. The summed E-state index contributed by atoms with van der Waals surface area (Å²) >= 11 is 1.85. The van der Waals surface area contributed by atoms with Crippen LogP contribution in [0.5, 0.6) is 0 Å². The number of aromatic nitrogens is 1. The average molecular weight is 344 g/mol. The molecule has 0 spiro atoms. The van der Waals surface area contributed by atoms with Gasteiger partial charge in [0.1, 0.15) is 0 Å². The summed E-state index contributed by atoms with van der Waals surface area (Å²) in [5.41, 5.74) is 1.14. The molecule has 4 heteroatoms. The van der Waals surface area contributed by atoms with Gasteiger partial charge in [-0.2, -0.15) is 0 Å². The third kappa shape index (κ3) is 3.18. The smallest absolute Gasteiger partial charge is 0.186 e. The molecule has 2 fully saturated rings. The van der Waals surface area contributed by atoms with Gasteiger partial charge in [0.2, 0.25) is 0 Å². The van der Waals surface area contributed by atoms with Crippen molar-refractivity contribution in [3.05, 3.63) is 24.3 Å². The topological polar surface area (TPSA) is 19.4 Å². The van der Waals surface area contributed by atoms with Gasteiger partial charge >= 0.3 is 0 Å². The molecular formula is C20H29N3S. The van der Waals surface area contributed by atoms with Crippen LogP contribution in [0, 0.1) is 0 Å². The van der Waals surface area contributed by atoms with Crippen molar-refractivity contribution >= 4 is 26.7 Å². The summed E-state index contributed by atoms with van der Waals surface area (Å²) in [5.74, 6) is 0. The highest BCUT2D eigenvalue weighted by molar-refractivity contribution is 7.22. The maximum absolute atomic E-state index is 4.94. The van der Waals surface area contributed by atoms with Crippen molar-refractivity contribution in [3.8, 4) is 0 Å². The number of anilines is 1. The van der Waals surface area contributed by atoms with Crippen molar-refractivity contribution in [2.24, 2.45) is 0 Å². The van der Waals surface area contributed by atoms with Gasteiger partial charge in [-0.05, 0) is 51.7 Å². The number of piperidine rings is 1. The highest BCUT2D eigenvalue weighted by Gasteiger charge is 2.31. The first-order valence-corrected chi connectivity index (χ1v) is 10.4. The fourth-order valence-electron chi connectivity index (χ4n) is 4.57. The van der Waals surface area contributed by atoms with Crippen LogP contribution in [-0.4, -0.2) is 41.1 Å². The van der Waals surface area contributed by atoms with E-state index in [-0.39, 0.29) is 0 Å². The lowest BCUT2D eigenvalue weighted by Crippen LogP contribution is -2.49. The zero-order valence-electron chi connectivity index (χ0n) is 14.9. The van der Waals surface area contributed by atoms with Crippen molar-refractivity contribution in [2.45, 2.75) is 70.5 Å². The minimum absolute atomic E-state index is 0.508. The second-order valence-electron chi connectivity index (χ2n) is 7.67. The standard InChI is InChI=1S/C20H29N3S/c1-15(2)23(20-21-18-9-5-6-10-19(18)24-20)17-11-13-22(14-12-17)16-7-3-4-8-16/h5-6,9-10,15-17H,3-4,7-8,11-14H2,1-2H3. The number of hydrogen-bond donors (Lipinski definition) is 0. The van der Waals surface area contributed by atoms with E-state index in [0.717, 1.165) is 11.6 Å². The van der Waals surface area contributed by atoms with Crippen LogP contribution in [0.15, 0.2) is 24.3 Å². The predicted molar refractivity (Wildman–Crippen MR) is 104 cm³/mol. The first-order valence-electron chi connectivity index (χ1n) is 9.60. The molecule has 1 aromatic heterocycles. The molecule has 2 aliphatic rings. The van der Waals surface area contributed by atoms with Crippen LogP contribution >= 0.6 is 11.3 Å². The van der Waals surface area contributed by atoms with E-state index >= 15 is 0 Å². The summed E-state index contributed by atoms with van der Waals surface area (Å²) in [4.78, 5) is 10.3. The fourth-order valence-corrected chi connectivity index (χ4v) is 5.74. The van der Waals surface area contributed by atoms with Crippen LogP contribution in [0.1, 0.15) is 52.4 Å². The fraction of sp³-hybridized carbons (Fsp3) is 0.650. The first-order chi connectivity index (χ1) is 11.7. The van der Waals surface area contributed by atoms with Crippen LogP contribution in [0.2, 0.25) is 0 Å². The Balaban J connectivity index is 1.49. The normalized spacial score (nSPS) is 21.1. The Labute approximate surface area is 149 Å². The number of likely N-dealkylation sites (tertiary alicyclic amines) is 1. The van der Waals surface area contributed by atoms with Crippen LogP contribution in [0.25, 0.3) is 10.2 Å². The van der Waals surface area contributed by atoms with Gasteiger partial charge in [0, 0.05) is 31.2 Å². The second kappa shape index (κ2) is 7.01. The molecule has 2 heterocycles. The van der Waals surface area contributed by atoms with Crippen LogP contribution in [0.4, 0.5) is 5.13 Å². The molecule has 0 bridgehead atoms. The zero-order chi connectivity index (χ0) is 16.5. The van der Waals surface area contributed by atoms with E-state index in [9.17, 15) is 0 Å². The summed E-state index contributed by atoms with van der Waals surface area (Å²) in [7, 11) is 0. The summed E-state index contributed by atoms with van der Waals surface area (Å²) in [6, 6.07) is 10.6. The van der Waals surface area contributed by atoms with Gasteiger partial charge < -0.3 is 9.80 Å². The lowest BCUT2D eigenvalue weighted by atomic mass is 10.00. The van der Waals surface area contributed by atoms with E-state index in [0.29, 0.717) is 12.1 Å². The van der Waals surface area contributed by atoms with Crippen LogP contribution in [-0.2, 0) is 0 Å². The third-order valence-electron chi connectivity index (χ3n) is 5.79. The maximum Gasteiger partial charge on any atom is 0.186 e. The van der Waals surface area contributed by atoms with Crippen molar-refractivity contribution in [3.63, 3.8) is 0 Å². The van der Waals surface area contributed by atoms with Crippen molar-refractivity contribution in [1.82, 2.24) is 9.88 Å². The Kier molecular flexibility index (Phi) is 4.77. The molecular weight excluding hydrogens is 314 g/mol. The molecule has 1 saturated heterocycles. The van der Waals surface area contributed by atoms with E-state index in [2.05, 4.69) is 47.9 Å². The lowest BCUT2D eigenvalue weighted by Gasteiger charge is -2.42. The molecule has 24 heavy (non-hydrogen) atoms. The molecule has 0 unspecified atom stereocenters. The highest BCUT2D eigenvalue weighted by atomic mass is 32.1. The molecule has 0 atom stereocenters. The minimum Gasteiger partial charge on any atom is -0.343 e. The minimum atomic E-state index is 0.508. The summed E-state index contributed by atoms with van der Waals surface area (Å²) < 4.78 is 1.31. The van der Waals surface area contributed by atoms with Crippen LogP contribution < -0.4 is 4.90 Å². The molecule has 0 amide bonds. The summed E-state index contributed by atoms with van der Waals surface area (Å²) in [5, 5.41) is 1.21. The molecule has 1 aliphatic heterocycles. The van der Waals surface area contributed by atoms with E-state index in [4.69, 9.17) is 4.98 Å². The molecule has 3 nitrogen and oxygen atoms in total. The van der Waals surface area contributed by atoms with Gasteiger partial charge in [-0.15, -0.1) is 0 Å². The average Bonchev–Trinajstić information content (AvgIpc) is 3.25.